The van der Waals surface area contributed by atoms with E-state index in [1.165, 1.54) is 19.3 Å². The molecular weight excluding hydrogens is 216 g/mol. The van der Waals surface area contributed by atoms with Gasteiger partial charge in [-0.15, -0.1) is 0 Å². The first-order valence-electron chi connectivity index (χ1n) is 6.61. The van der Waals surface area contributed by atoms with Crippen molar-refractivity contribution < 1.29 is 9.53 Å². The lowest BCUT2D eigenvalue weighted by atomic mass is 10.0. The lowest BCUT2D eigenvalue weighted by Gasteiger charge is -2.22. The van der Waals surface area contributed by atoms with Crippen molar-refractivity contribution in [3.8, 4) is 0 Å². The number of amides is 2. The zero-order valence-corrected chi connectivity index (χ0v) is 11.8. The van der Waals surface area contributed by atoms with Gasteiger partial charge in [0.1, 0.15) is 0 Å². The summed E-state index contributed by atoms with van der Waals surface area (Å²) in [6.07, 6.45) is 4.75. The highest BCUT2D eigenvalue weighted by atomic mass is 16.5. The lowest BCUT2D eigenvalue weighted by Crippen LogP contribution is -2.40. The minimum Gasteiger partial charge on any atom is -0.383 e. The van der Waals surface area contributed by atoms with Gasteiger partial charge in [0.05, 0.1) is 6.61 Å². The van der Waals surface area contributed by atoms with Crippen LogP contribution in [0.3, 0.4) is 0 Å². The highest BCUT2D eigenvalue weighted by molar-refractivity contribution is 5.73. The number of rotatable bonds is 9. The van der Waals surface area contributed by atoms with Crippen molar-refractivity contribution in [1.82, 2.24) is 10.2 Å². The van der Waals surface area contributed by atoms with Crippen molar-refractivity contribution in [3.05, 3.63) is 0 Å². The molecule has 0 saturated carbocycles. The number of methoxy groups -OCH3 is 1. The number of urea groups is 1. The number of hydrogen-bond acceptors (Lipinski definition) is 2. The van der Waals surface area contributed by atoms with Crippen molar-refractivity contribution >= 4 is 6.03 Å². The molecule has 1 N–H and O–H groups in total. The Morgan fingerprint density at radius 2 is 2.06 bits per heavy atom. The summed E-state index contributed by atoms with van der Waals surface area (Å²) < 4.78 is 5.01. The maximum absolute atomic E-state index is 11.6. The van der Waals surface area contributed by atoms with Crippen LogP contribution in [0.5, 0.6) is 0 Å². The number of nitrogens with zero attached hydrogens (tertiary/aromatic N) is 1. The SMILES string of the molecule is CCC(C)CCCCN(CCOC)C(=O)NC. The zero-order chi connectivity index (χ0) is 13.1. The van der Waals surface area contributed by atoms with Crippen molar-refractivity contribution in [2.45, 2.75) is 39.5 Å². The van der Waals surface area contributed by atoms with E-state index in [0.717, 1.165) is 18.9 Å². The van der Waals surface area contributed by atoms with Crippen LogP contribution in [0.25, 0.3) is 0 Å². The first kappa shape index (κ1) is 16.2. The average molecular weight is 244 g/mol. The van der Waals surface area contributed by atoms with Crippen molar-refractivity contribution in [3.63, 3.8) is 0 Å². The maximum Gasteiger partial charge on any atom is 0.317 e. The van der Waals surface area contributed by atoms with Crippen LogP contribution in [-0.2, 0) is 4.74 Å². The van der Waals surface area contributed by atoms with Gasteiger partial charge in [0.15, 0.2) is 0 Å². The lowest BCUT2D eigenvalue weighted by molar-refractivity contribution is 0.149. The standard InChI is InChI=1S/C13H28N2O2/c1-5-12(2)8-6-7-9-15(10-11-17-4)13(16)14-3/h12H,5-11H2,1-4H3,(H,14,16). The van der Waals surface area contributed by atoms with E-state index in [2.05, 4.69) is 19.2 Å². The fraction of sp³-hybridized carbons (Fsp3) is 0.923. The molecule has 1 atom stereocenters. The number of ether oxygens (including phenoxy) is 1. The van der Waals surface area contributed by atoms with Crippen LogP contribution in [0.2, 0.25) is 0 Å². The third-order valence-electron chi connectivity index (χ3n) is 3.14. The predicted octanol–water partition coefficient (Wildman–Crippen LogP) is 2.49. The molecule has 4 heteroatoms. The highest BCUT2D eigenvalue weighted by Gasteiger charge is 2.10. The molecule has 4 nitrogen and oxygen atoms in total. The summed E-state index contributed by atoms with van der Waals surface area (Å²) in [4.78, 5) is 13.4. The van der Waals surface area contributed by atoms with Crippen LogP contribution in [0.4, 0.5) is 4.79 Å². The number of carbonyl (C=O) groups is 1. The Hall–Kier alpha value is -0.770. The van der Waals surface area contributed by atoms with E-state index >= 15 is 0 Å². The molecule has 0 aliphatic carbocycles. The summed E-state index contributed by atoms with van der Waals surface area (Å²) in [6.45, 7) is 6.58. The first-order valence-corrected chi connectivity index (χ1v) is 6.61. The van der Waals surface area contributed by atoms with E-state index in [9.17, 15) is 4.79 Å². The zero-order valence-electron chi connectivity index (χ0n) is 11.8. The van der Waals surface area contributed by atoms with Gasteiger partial charge in [-0.25, -0.2) is 4.79 Å². The third kappa shape index (κ3) is 8.02. The van der Waals surface area contributed by atoms with Crippen molar-refractivity contribution in [2.24, 2.45) is 5.92 Å². The molecule has 0 fully saturated rings. The Morgan fingerprint density at radius 1 is 1.35 bits per heavy atom. The quantitative estimate of drug-likeness (QED) is 0.633. The summed E-state index contributed by atoms with van der Waals surface area (Å²) in [5.74, 6) is 0.794. The van der Waals surface area contributed by atoms with Crippen LogP contribution >= 0.6 is 0 Å². The van der Waals surface area contributed by atoms with Gasteiger partial charge < -0.3 is 15.0 Å². The largest absolute Gasteiger partial charge is 0.383 e. The number of unbranched alkanes of at least 4 members (excludes halogenated alkanes) is 1. The van der Waals surface area contributed by atoms with E-state index in [4.69, 9.17) is 4.74 Å². The summed E-state index contributed by atoms with van der Waals surface area (Å²) in [6, 6.07) is -0.00871. The molecule has 0 heterocycles. The van der Waals surface area contributed by atoms with Crippen LogP contribution in [0, 0.1) is 5.92 Å². The second kappa shape index (κ2) is 10.4. The Bertz CT molecular complexity index is 198. The van der Waals surface area contributed by atoms with E-state index in [0.29, 0.717) is 13.2 Å². The summed E-state index contributed by atoms with van der Waals surface area (Å²) in [5, 5.41) is 2.67. The molecule has 0 aromatic carbocycles. The Morgan fingerprint density at radius 3 is 2.59 bits per heavy atom. The molecule has 0 aromatic heterocycles. The van der Waals surface area contributed by atoms with Gasteiger partial charge in [0.2, 0.25) is 0 Å². The van der Waals surface area contributed by atoms with Gasteiger partial charge in [-0.3, -0.25) is 0 Å². The highest BCUT2D eigenvalue weighted by Crippen LogP contribution is 2.11. The fourth-order valence-corrected chi connectivity index (χ4v) is 1.67. The Balaban J connectivity index is 3.79. The topological polar surface area (TPSA) is 41.6 Å². The third-order valence-corrected chi connectivity index (χ3v) is 3.14. The van der Waals surface area contributed by atoms with Crippen molar-refractivity contribution in [2.75, 3.05) is 33.9 Å². The van der Waals surface area contributed by atoms with Crippen molar-refractivity contribution in [1.29, 1.82) is 0 Å². The minimum absolute atomic E-state index is 0.00871. The smallest absolute Gasteiger partial charge is 0.317 e. The second-order valence-corrected chi connectivity index (χ2v) is 4.54. The summed E-state index contributed by atoms with van der Waals surface area (Å²) in [5.41, 5.74) is 0. The number of nitrogens with one attached hydrogen (secondary N) is 1. The van der Waals surface area contributed by atoms with E-state index in [-0.39, 0.29) is 6.03 Å². The van der Waals surface area contributed by atoms with E-state index in [1.807, 2.05) is 4.90 Å². The second-order valence-electron chi connectivity index (χ2n) is 4.54. The molecule has 0 rings (SSSR count). The van der Waals surface area contributed by atoms with Crippen LogP contribution < -0.4 is 5.32 Å². The fourth-order valence-electron chi connectivity index (χ4n) is 1.67. The Kier molecular flexibility index (Phi) is 9.92. The van der Waals surface area contributed by atoms with Crippen LogP contribution in [-0.4, -0.2) is 44.8 Å². The normalized spacial score (nSPS) is 12.2. The van der Waals surface area contributed by atoms with Crippen LogP contribution in [0.15, 0.2) is 0 Å². The molecule has 2 amide bonds. The summed E-state index contributed by atoms with van der Waals surface area (Å²) in [7, 11) is 3.33. The molecule has 0 saturated heterocycles. The predicted molar refractivity (Wildman–Crippen MR) is 71.2 cm³/mol. The Labute approximate surface area is 106 Å². The van der Waals surface area contributed by atoms with Crippen LogP contribution in [0.1, 0.15) is 39.5 Å². The molecule has 0 aliphatic rings. The van der Waals surface area contributed by atoms with Gasteiger partial charge in [-0.2, -0.15) is 0 Å². The van der Waals surface area contributed by atoms with Gasteiger partial charge in [-0.05, 0) is 12.3 Å². The number of carbonyl (C=O) groups excluding carboxylic acids is 1. The molecule has 0 bridgehead atoms. The monoisotopic (exact) mass is 244 g/mol. The number of hydrogen-bond donors (Lipinski definition) is 1. The van der Waals surface area contributed by atoms with E-state index in [1.54, 1.807) is 14.2 Å². The molecule has 1 unspecified atom stereocenters. The molecular formula is C13H28N2O2. The molecule has 0 radical (unpaired) electrons. The average Bonchev–Trinajstić information content (AvgIpc) is 2.36. The maximum atomic E-state index is 11.6. The molecule has 102 valence electrons. The van der Waals surface area contributed by atoms with E-state index < -0.39 is 0 Å². The molecule has 17 heavy (non-hydrogen) atoms. The summed E-state index contributed by atoms with van der Waals surface area (Å²) >= 11 is 0. The first-order chi connectivity index (χ1) is 8.15. The molecule has 0 aliphatic heterocycles. The van der Waals surface area contributed by atoms with Gasteiger partial charge in [0.25, 0.3) is 0 Å². The van der Waals surface area contributed by atoms with Gasteiger partial charge in [0, 0.05) is 27.2 Å². The van der Waals surface area contributed by atoms with Gasteiger partial charge in [-0.1, -0.05) is 33.1 Å². The molecule has 0 spiro atoms. The van der Waals surface area contributed by atoms with Gasteiger partial charge >= 0.3 is 6.03 Å². The minimum atomic E-state index is -0.00871. The molecule has 0 aromatic rings.